The summed E-state index contributed by atoms with van der Waals surface area (Å²) < 4.78 is 13.0. The molecule has 2 nitrogen and oxygen atoms in total. The van der Waals surface area contributed by atoms with Gasteiger partial charge in [-0.2, -0.15) is 0 Å². The molecule has 3 rings (SSSR count). The van der Waals surface area contributed by atoms with E-state index in [2.05, 4.69) is 91.5 Å². The van der Waals surface area contributed by atoms with Gasteiger partial charge in [-0.1, -0.05) is 102 Å². The van der Waals surface area contributed by atoms with Gasteiger partial charge in [0.05, 0.1) is 0 Å². The van der Waals surface area contributed by atoms with E-state index in [4.69, 9.17) is 9.47 Å². The fourth-order valence-electron chi connectivity index (χ4n) is 5.62. The van der Waals surface area contributed by atoms with Crippen LogP contribution in [0.15, 0.2) is 30.3 Å². The van der Waals surface area contributed by atoms with Gasteiger partial charge in [0.2, 0.25) is 0 Å². The van der Waals surface area contributed by atoms with Gasteiger partial charge in [0.15, 0.2) is 5.60 Å². The van der Waals surface area contributed by atoms with Crippen LogP contribution in [0.25, 0.3) is 0 Å². The van der Waals surface area contributed by atoms with E-state index in [0.717, 1.165) is 42.6 Å². The van der Waals surface area contributed by atoms with Crippen LogP contribution in [0.4, 0.5) is 0 Å². The first-order valence-electron chi connectivity index (χ1n) is 15.1. The smallest absolute Gasteiger partial charge is 0.166 e. The van der Waals surface area contributed by atoms with Crippen molar-refractivity contribution in [3.05, 3.63) is 58.1 Å². The monoisotopic (exact) mass is 516 g/mol. The Morgan fingerprint density at radius 2 is 1.53 bits per heavy atom. The molecule has 0 saturated carbocycles. The van der Waals surface area contributed by atoms with E-state index in [9.17, 15) is 0 Å². The maximum absolute atomic E-state index is 6.65. The minimum absolute atomic E-state index is 0.423. The lowest BCUT2D eigenvalue weighted by atomic mass is 9.87. The SMILES string of the molecule is Cc1c(C)c2c(c(C)c1OCc1ccccc1)CC[C@@](C)(C#CC[C@@H](C)CCC[C@@H](C)CCCC(C)C)O2. The Morgan fingerprint density at radius 3 is 2.21 bits per heavy atom. The van der Waals surface area contributed by atoms with Crippen LogP contribution in [-0.4, -0.2) is 5.60 Å². The predicted molar refractivity (Wildman–Crippen MR) is 162 cm³/mol. The van der Waals surface area contributed by atoms with Crippen molar-refractivity contribution in [2.24, 2.45) is 17.8 Å². The summed E-state index contributed by atoms with van der Waals surface area (Å²) in [7, 11) is 0. The summed E-state index contributed by atoms with van der Waals surface area (Å²) >= 11 is 0. The van der Waals surface area contributed by atoms with Crippen molar-refractivity contribution < 1.29 is 9.47 Å². The third-order valence-electron chi connectivity index (χ3n) is 8.39. The van der Waals surface area contributed by atoms with Gasteiger partial charge in [-0.15, -0.1) is 0 Å². The van der Waals surface area contributed by atoms with Crippen molar-refractivity contribution in [1.82, 2.24) is 0 Å². The van der Waals surface area contributed by atoms with Crippen LogP contribution in [0.1, 0.15) is 114 Å². The third kappa shape index (κ3) is 8.56. The van der Waals surface area contributed by atoms with Crippen LogP contribution in [0.5, 0.6) is 11.5 Å². The highest BCUT2D eigenvalue weighted by atomic mass is 16.5. The van der Waals surface area contributed by atoms with Crippen molar-refractivity contribution in [3.8, 4) is 23.3 Å². The standard InChI is InChI=1S/C36H52O2/c1-26(2)15-12-16-27(3)17-13-18-28(4)19-14-23-36(8)24-22-33-31(7)34(29(5)30(6)35(33)38-36)37-25-32-20-10-9-11-21-32/h9-11,20-21,26-28H,12-13,15-19,22,24-25H2,1-8H3/t27-,28-,36+/m0/s1. The van der Waals surface area contributed by atoms with Crippen molar-refractivity contribution >= 4 is 0 Å². The molecule has 0 aromatic heterocycles. The average Bonchev–Trinajstić information content (AvgIpc) is 2.87. The summed E-state index contributed by atoms with van der Waals surface area (Å²) in [6.45, 7) is 18.7. The fourth-order valence-corrected chi connectivity index (χ4v) is 5.62. The van der Waals surface area contributed by atoms with Crippen molar-refractivity contribution in [2.75, 3.05) is 0 Å². The van der Waals surface area contributed by atoms with E-state index in [0.29, 0.717) is 12.5 Å². The Kier molecular flexibility index (Phi) is 11.2. The zero-order valence-electron chi connectivity index (χ0n) is 25.5. The quantitative estimate of drug-likeness (QED) is 0.261. The first-order valence-corrected chi connectivity index (χ1v) is 15.1. The van der Waals surface area contributed by atoms with Gasteiger partial charge >= 0.3 is 0 Å². The highest BCUT2D eigenvalue weighted by Crippen LogP contribution is 2.43. The van der Waals surface area contributed by atoms with Gasteiger partial charge < -0.3 is 9.47 Å². The number of rotatable bonds is 12. The van der Waals surface area contributed by atoms with Gasteiger partial charge in [-0.25, -0.2) is 0 Å². The number of benzene rings is 2. The van der Waals surface area contributed by atoms with Gasteiger partial charge in [0.25, 0.3) is 0 Å². The first kappa shape index (κ1) is 30.1. The van der Waals surface area contributed by atoms with Gasteiger partial charge in [0.1, 0.15) is 18.1 Å². The number of ether oxygens (including phenoxy) is 2. The molecule has 0 bridgehead atoms. The molecule has 38 heavy (non-hydrogen) atoms. The predicted octanol–water partition coefficient (Wildman–Crippen LogP) is 9.94. The largest absolute Gasteiger partial charge is 0.488 e. The highest BCUT2D eigenvalue weighted by Gasteiger charge is 2.33. The molecule has 0 aliphatic carbocycles. The molecule has 0 fully saturated rings. The lowest BCUT2D eigenvalue weighted by Crippen LogP contribution is -2.35. The highest BCUT2D eigenvalue weighted by molar-refractivity contribution is 5.59. The van der Waals surface area contributed by atoms with Crippen LogP contribution < -0.4 is 9.47 Å². The van der Waals surface area contributed by atoms with E-state index in [1.165, 1.54) is 66.3 Å². The number of hydrogen-bond donors (Lipinski definition) is 0. The van der Waals surface area contributed by atoms with Crippen molar-refractivity contribution in [2.45, 2.75) is 125 Å². The summed E-state index contributed by atoms with van der Waals surface area (Å²) in [6.07, 6.45) is 10.9. The Labute approximate surface area is 233 Å². The second kappa shape index (κ2) is 14.1. The topological polar surface area (TPSA) is 18.5 Å². The molecule has 2 heteroatoms. The maximum atomic E-state index is 6.65. The molecule has 0 radical (unpaired) electrons. The van der Waals surface area contributed by atoms with E-state index in [1.807, 2.05) is 6.07 Å². The molecule has 208 valence electrons. The molecule has 0 N–H and O–H groups in total. The summed E-state index contributed by atoms with van der Waals surface area (Å²) in [5.41, 5.74) is 5.60. The molecule has 1 heterocycles. The molecular formula is C36H52O2. The van der Waals surface area contributed by atoms with Gasteiger partial charge in [-0.05, 0) is 80.5 Å². The second-order valence-electron chi connectivity index (χ2n) is 12.6. The molecule has 0 amide bonds. The lowest BCUT2D eigenvalue weighted by molar-refractivity contribution is 0.122. The molecule has 0 unspecified atom stereocenters. The Hall–Kier alpha value is -2.40. The van der Waals surface area contributed by atoms with Crippen LogP contribution in [-0.2, 0) is 13.0 Å². The molecule has 0 saturated heterocycles. The molecule has 1 aliphatic rings. The van der Waals surface area contributed by atoms with Crippen LogP contribution in [0.2, 0.25) is 0 Å². The number of hydrogen-bond acceptors (Lipinski definition) is 2. The lowest BCUT2D eigenvalue weighted by Gasteiger charge is -2.35. The minimum atomic E-state index is -0.423. The summed E-state index contributed by atoms with van der Waals surface area (Å²) in [4.78, 5) is 0. The molecule has 1 aliphatic heterocycles. The minimum Gasteiger partial charge on any atom is -0.488 e. The zero-order chi connectivity index (χ0) is 27.7. The Morgan fingerprint density at radius 1 is 0.868 bits per heavy atom. The van der Waals surface area contributed by atoms with Gasteiger partial charge in [-0.3, -0.25) is 0 Å². The van der Waals surface area contributed by atoms with Crippen LogP contribution in [0, 0.1) is 50.4 Å². The van der Waals surface area contributed by atoms with Crippen LogP contribution >= 0.6 is 0 Å². The Balaban J connectivity index is 1.55. The van der Waals surface area contributed by atoms with E-state index >= 15 is 0 Å². The molecule has 0 spiro atoms. The van der Waals surface area contributed by atoms with E-state index in [-0.39, 0.29) is 0 Å². The average molecular weight is 517 g/mol. The summed E-state index contributed by atoms with van der Waals surface area (Å²) in [6, 6.07) is 10.4. The number of fused-ring (bicyclic) bond motifs is 1. The van der Waals surface area contributed by atoms with Crippen LogP contribution in [0.3, 0.4) is 0 Å². The zero-order valence-corrected chi connectivity index (χ0v) is 25.5. The summed E-state index contributed by atoms with van der Waals surface area (Å²) in [5, 5.41) is 0. The van der Waals surface area contributed by atoms with E-state index in [1.54, 1.807) is 0 Å². The summed E-state index contributed by atoms with van der Waals surface area (Å²) in [5.74, 6) is 11.4. The maximum Gasteiger partial charge on any atom is 0.166 e. The van der Waals surface area contributed by atoms with E-state index < -0.39 is 5.60 Å². The van der Waals surface area contributed by atoms with Crippen molar-refractivity contribution in [3.63, 3.8) is 0 Å². The molecule has 2 aromatic rings. The Bertz CT molecular complexity index is 1090. The molecule has 2 aromatic carbocycles. The van der Waals surface area contributed by atoms with Gasteiger partial charge in [0, 0.05) is 18.4 Å². The third-order valence-corrected chi connectivity index (χ3v) is 8.39. The fraction of sp³-hybridized carbons (Fsp3) is 0.611. The molecule has 3 atom stereocenters. The van der Waals surface area contributed by atoms with Crippen molar-refractivity contribution in [1.29, 1.82) is 0 Å². The first-order chi connectivity index (χ1) is 18.1. The molecular weight excluding hydrogens is 464 g/mol. The normalized spacial score (nSPS) is 18.2. The second-order valence-corrected chi connectivity index (χ2v) is 12.6.